The topological polar surface area (TPSA) is 92.6 Å². The van der Waals surface area contributed by atoms with Crippen LogP contribution in [0.2, 0.25) is 0 Å². The van der Waals surface area contributed by atoms with Gasteiger partial charge in [0.2, 0.25) is 5.13 Å². The van der Waals surface area contributed by atoms with Crippen LogP contribution in [0, 0.1) is 11.6 Å². The number of ether oxygens (including phenoxy) is 1. The molecular formula is C33H23F2N3O4S2. The predicted octanol–water partition coefficient (Wildman–Crippen LogP) is 7.31. The number of ketones is 1. The Morgan fingerprint density at radius 2 is 1.57 bits per heavy atom. The van der Waals surface area contributed by atoms with Crippen LogP contribution in [0.15, 0.2) is 113 Å². The van der Waals surface area contributed by atoms with Crippen molar-refractivity contribution in [3.8, 4) is 5.75 Å². The average Bonchev–Trinajstić information content (AvgIpc) is 3.62. The molecule has 1 unspecified atom stereocenters. The van der Waals surface area contributed by atoms with Crippen LogP contribution < -0.4 is 9.64 Å². The number of Topliss-reactive ketones (excluding diaryl/α,β-unsaturated/α-hetero) is 1. The number of aromatic nitrogens is 2. The molecule has 0 spiro atoms. The molecule has 0 radical (unpaired) electrons. The summed E-state index contributed by atoms with van der Waals surface area (Å²) in [6.07, 6.45) is 0. The van der Waals surface area contributed by atoms with Gasteiger partial charge in [-0.1, -0.05) is 77.7 Å². The lowest BCUT2D eigenvalue weighted by Crippen LogP contribution is -2.29. The van der Waals surface area contributed by atoms with E-state index in [0.717, 1.165) is 34.6 Å². The molecule has 6 rings (SSSR count). The molecule has 2 heterocycles. The second-order valence-corrected chi connectivity index (χ2v) is 12.0. The number of nitrogens with zero attached hydrogens (tertiary/aromatic N) is 3. The summed E-state index contributed by atoms with van der Waals surface area (Å²) in [7, 11) is 0. The van der Waals surface area contributed by atoms with E-state index in [0.29, 0.717) is 28.0 Å². The summed E-state index contributed by atoms with van der Waals surface area (Å²) >= 11 is 2.47. The molecule has 220 valence electrons. The second-order valence-electron chi connectivity index (χ2n) is 9.79. The number of rotatable bonds is 9. The van der Waals surface area contributed by atoms with E-state index in [-0.39, 0.29) is 22.1 Å². The van der Waals surface area contributed by atoms with Gasteiger partial charge in [-0.25, -0.2) is 8.78 Å². The first-order chi connectivity index (χ1) is 21.4. The van der Waals surface area contributed by atoms with Crippen molar-refractivity contribution in [1.29, 1.82) is 0 Å². The average molecular weight is 628 g/mol. The third kappa shape index (κ3) is 6.24. The number of thioether (sulfide) groups is 1. The van der Waals surface area contributed by atoms with Gasteiger partial charge in [0.05, 0.1) is 11.6 Å². The van der Waals surface area contributed by atoms with Crippen molar-refractivity contribution in [2.24, 2.45) is 0 Å². The van der Waals surface area contributed by atoms with E-state index in [1.54, 1.807) is 36.4 Å². The Bertz CT molecular complexity index is 1850. The normalized spacial score (nSPS) is 16.0. The number of anilines is 1. The van der Waals surface area contributed by atoms with Crippen molar-refractivity contribution >= 4 is 45.7 Å². The van der Waals surface area contributed by atoms with Crippen LogP contribution in [0.25, 0.3) is 5.76 Å². The Balaban J connectivity index is 1.36. The van der Waals surface area contributed by atoms with E-state index in [1.165, 1.54) is 40.9 Å². The van der Waals surface area contributed by atoms with E-state index in [2.05, 4.69) is 10.2 Å². The van der Waals surface area contributed by atoms with Crippen molar-refractivity contribution in [3.05, 3.63) is 143 Å². The van der Waals surface area contributed by atoms with Gasteiger partial charge in [0, 0.05) is 11.3 Å². The molecule has 7 nitrogen and oxygen atoms in total. The summed E-state index contributed by atoms with van der Waals surface area (Å²) in [6, 6.07) is 26.5. The molecule has 1 N–H and O–H groups in total. The van der Waals surface area contributed by atoms with Gasteiger partial charge in [-0.05, 0) is 65.2 Å². The number of aliphatic hydroxyl groups is 1. The van der Waals surface area contributed by atoms with Gasteiger partial charge in [0.25, 0.3) is 5.78 Å². The minimum atomic E-state index is -1.07. The summed E-state index contributed by atoms with van der Waals surface area (Å²) in [5, 5.41) is 19.9. The zero-order valence-corrected chi connectivity index (χ0v) is 24.5. The van der Waals surface area contributed by atoms with Gasteiger partial charge >= 0.3 is 5.91 Å². The van der Waals surface area contributed by atoms with E-state index >= 15 is 0 Å². The Morgan fingerprint density at radius 3 is 2.30 bits per heavy atom. The van der Waals surface area contributed by atoms with Gasteiger partial charge in [-0.15, -0.1) is 10.2 Å². The highest BCUT2D eigenvalue weighted by molar-refractivity contribution is 8.00. The van der Waals surface area contributed by atoms with Crippen LogP contribution >= 0.6 is 23.1 Å². The number of carbonyl (C=O) groups excluding carboxylic acids is 2. The van der Waals surface area contributed by atoms with Crippen LogP contribution in [0.1, 0.15) is 28.3 Å². The van der Waals surface area contributed by atoms with Crippen molar-refractivity contribution in [2.75, 3.05) is 4.90 Å². The van der Waals surface area contributed by atoms with Gasteiger partial charge in [0.1, 0.15) is 29.8 Å². The third-order valence-corrected chi connectivity index (χ3v) is 8.99. The maximum absolute atomic E-state index is 13.6. The smallest absolute Gasteiger partial charge is 0.301 e. The van der Waals surface area contributed by atoms with Gasteiger partial charge in [-0.2, -0.15) is 0 Å². The molecule has 0 bridgehead atoms. The first kappa shape index (κ1) is 29.2. The Labute approximate surface area is 259 Å². The first-order valence-corrected chi connectivity index (χ1v) is 15.2. The van der Waals surface area contributed by atoms with Crippen LogP contribution in [-0.2, 0) is 21.9 Å². The van der Waals surface area contributed by atoms with Gasteiger partial charge in [0.15, 0.2) is 4.34 Å². The summed E-state index contributed by atoms with van der Waals surface area (Å²) in [5.74, 6) is -2.11. The SMILES string of the molecule is O=C1C(=O)N(c2nnc(SCc3ccc(F)cc3)s2)C(c2cccc(OCc3ccccc3)c2)C1=C(O)c1ccc(F)cc1. The van der Waals surface area contributed by atoms with Crippen molar-refractivity contribution in [1.82, 2.24) is 10.2 Å². The molecule has 1 amide bonds. The minimum Gasteiger partial charge on any atom is -0.507 e. The molecule has 1 fully saturated rings. The summed E-state index contributed by atoms with van der Waals surface area (Å²) in [4.78, 5) is 28.3. The summed E-state index contributed by atoms with van der Waals surface area (Å²) in [5.41, 5.74) is 2.34. The number of aliphatic hydroxyl groups excluding tert-OH is 1. The fourth-order valence-electron chi connectivity index (χ4n) is 4.71. The molecule has 0 saturated carbocycles. The van der Waals surface area contributed by atoms with Crippen LogP contribution in [0.4, 0.5) is 13.9 Å². The number of hydrogen-bond acceptors (Lipinski definition) is 8. The maximum atomic E-state index is 13.6. The quantitative estimate of drug-likeness (QED) is 0.0602. The zero-order valence-electron chi connectivity index (χ0n) is 22.9. The van der Waals surface area contributed by atoms with Crippen molar-refractivity contribution in [2.45, 2.75) is 22.7 Å². The highest BCUT2D eigenvalue weighted by Crippen LogP contribution is 2.44. The fraction of sp³-hybridized carbons (Fsp3) is 0.0909. The number of halogens is 2. The van der Waals surface area contributed by atoms with Gasteiger partial charge < -0.3 is 9.84 Å². The van der Waals surface area contributed by atoms with E-state index in [4.69, 9.17) is 4.74 Å². The van der Waals surface area contributed by atoms with E-state index in [1.807, 2.05) is 30.3 Å². The predicted molar refractivity (Wildman–Crippen MR) is 164 cm³/mol. The lowest BCUT2D eigenvalue weighted by atomic mass is 9.95. The molecule has 5 aromatic rings. The maximum Gasteiger partial charge on any atom is 0.301 e. The number of hydrogen-bond donors (Lipinski definition) is 1. The lowest BCUT2D eigenvalue weighted by Gasteiger charge is -2.23. The second kappa shape index (κ2) is 12.8. The number of carbonyl (C=O) groups is 2. The highest BCUT2D eigenvalue weighted by atomic mass is 32.2. The lowest BCUT2D eigenvalue weighted by molar-refractivity contribution is -0.132. The van der Waals surface area contributed by atoms with E-state index < -0.39 is 29.3 Å². The molecule has 0 aliphatic carbocycles. The van der Waals surface area contributed by atoms with Crippen LogP contribution in [0.5, 0.6) is 5.75 Å². The molecule has 44 heavy (non-hydrogen) atoms. The number of benzene rings is 4. The van der Waals surface area contributed by atoms with Crippen molar-refractivity contribution in [3.63, 3.8) is 0 Å². The highest BCUT2D eigenvalue weighted by Gasteiger charge is 2.48. The molecule has 1 aliphatic rings. The monoisotopic (exact) mass is 627 g/mol. The van der Waals surface area contributed by atoms with Gasteiger partial charge in [-0.3, -0.25) is 14.5 Å². The fourth-order valence-corrected chi connectivity index (χ4v) is 6.53. The zero-order chi connectivity index (χ0) is 30.6. The number of amides is 1. The van der Waals surface area contributed by atoms with Crippen molar-refractivity contribution < 1.29 is 28.2 Å². The first-order valence-electron chi connectivity index (χ1n) is 13.4. The summed E-state index contributed by atoms with van der Waals surface area (Å²) in [6.45, 7) is 0.297. The Kier molecular flexibility index (Phi) is 8.49. The van der Waals surface area contributed by atoms with Crippen LogP contribution in [-0.4, -0.2) is 27.0 Å². The Morgan fingerprint density at radius 1 is 0.864 bits per heavy atom. The summed E-state index contributed by atoms with van der Waals surface area (Å²) < 4.78 is 33.5. The third-order valence-electron chi connectivity index (χ3n) is 6.86. The molecule has 1 aromatic heterocycles. The molecular weight excluding hydrogens is 605 g/mol. The largest absolute Gasteiger partial charge is 0.507 e. The standard InChI is InChI=1S/C33H23F2N3O4S2/c34-24-13-9-21(10-14-24)19-43-33-37-36-32(44-33)38-28(23-7-4-8-26(17-23)42-18-20-5-2-1-3-6-20)27(30(40)31(38)41)29(39)22-11-15-25(35)16-12-22/h1-17,28,39H,18-19H2. The Hall–Kier alpha value is -4.87. The molecule has 1 saturated heterocycles. The molecule has 11 heteroatoms. The molecule has 4 aromatic carbocycles. The molecule has 1 atom stereocenters. The minimum absolute atomic E-state index is 0.160. The molecule has 1 aliphatic heterocycles. The van der Waals surface area contributed by atoms with E-state index in [9.17, 15) is 23.5 Å². The van der Waals surface area contributed by atoms with Crippen LogP contribution in [0.3, 0.4) is 0 Å².